The highest BCUT2D eigenvalue weighted by atomic mass is 127. The van der Waals surface area contributed by atoms with Crippen LogP contribution in [0.3, 0.4) is 0 Å². The van der Waals surface area contributed by atoms with Gasteiger partial charge in [-0.3, -0.25) is 0 Å². The van der Waals surface area contributed by atoms with Gasteiger partial charge in [0.15, 0.2) is 0 Å². The Hall–Kier alpha value is -0.290. The van der Waals surface area contributed by atoms with E-state index in [1.807, 2.05) is 39.0 Å². The highest BCUT2D eigenvalue weighted by Gasteiger charge is 2.19. The Kier molecular flexibility index (Phi) is 3.78. The molecule has 0 saturated carbocycles. The van der Waals surface area contributed by atoms with Crippen LogP contribution in [0, 0.1) is 10.5 Å². The van der Waals surface area contributed by atoms with E-state index in [0.29, 0.717) is 0 Å². The predicted molar refractivity (Wildman–Crippen MR) is 65.7 cm³/mol. The number of hydrogen-bond donors (Lipinski definition) is 1. The summed E-state index contributed by atoms with van der Waals surface area (Å²) in [4.78, 5) is 0. The Labute approximate surface area is 98.4 Å². The van der Waals surface area contributed by atoms with E-state index in [1.54, 1.807) is 0 Å². The van der Waals surface area contributed by atoms with Crippen LogP contribution >= 0.6 is 22.6 Å². The molecular formula is C11H15IO2. The highest BCUT2D eigenvalue weighted by molar-refractivity contribution is 14.1. The molecule has 0 bridgehead atoms. The lowest BCUT2D eigenvalue weighted by Crippen LogP contribution is -2.32. The maximum absolute atomic E-state index is 9.09. The van der Waals surface area contributed by atoms with Crippen molar-refractivity contribution < 1.29 is 9.84 Å². The monoisotopic (exact) mass is 306 g/mol. The van der Waals surface area contributed by atoms with Gasteiger partial charge >= 0.3 is 0 Å². The first-order valence-electron chi connectivity index (χ1n) is 4.51. The van der Waals surface area contributed by atoms with Crippen LogP contribution in [0.4, 0.5) is 0 Å². The van der Waals surface area contributed by atoms with Gasteiger partial charge in [0, 0.05) is 9.13 Å². The standard InChI is InChI=1S/C11H15IO2/c1-8-9(12)5-4-6-10(8)14-11(2,3)7-13/h4-6,13H,7H2,1-3H3. The molecule has 14 heavy (non-hydrogen) atoms. The van der Waals surface area contributed by atoms with Crippen molar-refractivity contribution >= 4 is 22.6 Å². The molecule has 2 nitrogen and oxygen atoms in total. The number of halogens is 1. The van der Waals surface area contributed by atoms with Crippen LogP contribution in [-0.4, -0.2) is 17.3 Å². The maximum Gasteiger partial charge on any atom is 0.126 e. The topological polar surface area (TPSA) is 29.5 Å². The molecular weight excluding hydrogens is 291 g/mol. The van der Waals surface area contributed by atoms with Crippen molar-refractivity contribution in [2.24, 2.45) is 0 Å². The fourth-order valence-electron chi connectivity index (χ4n) is 1.03. The molecule has 0 heterocycles. The number of hydrogen-bond acceptors (Lipinski definition) is 2. The SMILES string of the molecule is Cc1c(I)cccc1OC(C)(C)CO. The van der Waals surface area contributed by atoms with E-state index in [4.69, 9.17) is 9.84 Å². The maximum atomic E-state index is 9.09. The van der Waals surface area contributed by atoms with E-state index >= 15 is 0 Å². The van der Waals surface area contributed by atoms with Gasteiger partial charge in [0.2, 0.25) is 0 Å². The molecule has 1 aromatic rings. The lowest BCUT2D eigenvalue weighted by molar-refractivity contribution is 0.0406. The summed E-state index contributed by atoms with van der Waals surface area (Å²) in [5, 5.41) is 9.09. The number of rotatable bonds is 3. The van der Waals surface area contributed by atoms with Crippen LogP contribution in [0.2, 0.25) is 0 Å². The van der Waals surface area contributed by atoms with Crippen molar-refractivity contribution in [3.05, 3.63) is 27.3 Å². The molecule has 1 rings (SSSR count). The van der Waals surface area contributed by atoms with Crippen molar-refractivity contribution in [3.8, 4) is 5.75 Å². The van der Waals surface area contributed by atoms with Gasteiger partial charge in [-0.25, -0.2) is 0 Å². The third-order valence-corrected chi connectivity index (χ3v) is 3.15. The third-order valence-electron chi connectivity index (χ3n) is 1.99. The zero-order valence-corrected chi connectivity index (χ0v) is 10.8. The summed E-state index contributed by atoms with van der Waals surface area (Å²) in [5.41, 5.74) is 0.601. The van der Waals surface area contributed by atoms with Gasteiger partial charge in [0.05, 0.1) is 6.61 Å². The fourth-order valence-corrected chi connectivity index (χ4v) is 1.50. The molecule has 0 aliphatic heterocycles. The number of ether oxygens (including phenoxy) is 1. The van der Waals surface area contributed by atoms with E-state index in [0.717, 1.165) is 11.3 Å². The normalized spacial score (nSPS) is 11.5. The molecule has 0 aliphatic carbocycles. The predicted octanol–water partition coefficient (Wildman–Crippen LogP) is 2.75. The zero-order valence-electron chi connectivity index (χ0n) is 8.67. The first kappa shape index (κ1) is 11.8. The summed E-state index contributed by atoms with van der Waals surface area (Å²) < 4.78 is 6.88. The van der Waals surface area contributed by atoms with Crippen molar-refractivity contribution in [2.45, 2.75) is 26.4 Å². The van der Waals surface area contributed by atoms with Crippen LogP contribution in [0.25, 0.3) is 0 Å². The molecule has 0 aromatic heterocycles. The van der Waals surface area contributed by atoms with Gasteiger partial charge < -0.3 is 9.84 Å². The average Bonchev–Trinajstić information content (AvgIpc) is 2.13. The smallest absolute Gasteiger partial charge is 0.126 e. The lowest BCUT2D eigenvalue weighted by Gasteiger charge is -2.25. The third kappa shape index (κ3) is 2.85. The summed E-state index contributed by atoms with van der Waals surface area (Å²) in [5.74, 6) is 0.843. The van der Waals surface area contributed by atoms with Gasteiger partial charge in [-0.15, -0.1) is 0 Å². The Morgan fingerprint density at radius 2 is 2.07 bits per heavy atom. The minimum Gasteiger partial charge on any atom is -0.485 e. The zero-order chi connectivity index (χ0) is 10.8. The van der Waals surface area contributed by atoms with Crippen LogP contribution in [0.1, 0.15) is 19.4 Å². The van der Waals surface area contributed by atoms with Gasteiger partial charge in [0.1, 0.15) is 11.4 Å². The van der Waals surface area contributed by atoms with Crippen LogP contribution < -0.4 is 4.74 Å². The second-order valence-electron chi connectivity index (χ2n) is 3.88. The first-order chi connectivity index (χ1) is 6.46. The van der Waals surface area contributed by atoms with Crippen molar-refractivity contribution in [1.29, 1.82) is 0 Å². The first-order valence-corrected chi connectivity index (χ1v) is 5.59. The molecule has 3 heteroatoms. The Bertz CT molecular complexity index is 321. The van der Waals surface area contributed by atoms with E-state index < -0.39 is 5.60 Å². The minimum atomic E-state index is -0.519. The Balaban J connectivity index is 2.92. The Morgan fingerprint density at radius 1 is 1.43 bits per heavy atom. The quantitative estimate of drug-likeness (QED) is 0.870. The summed E-state index contributed by atoms with van der Waals surface area (Å²) in [6.07, 6.45) is 0. The van der Waals surface area contributed by atoms with Gasteiger partial charge in [-0.1, -0.05) is 6.07 Å². The lowest BCUT2D eigenvalue weighted by atomic mass is 10.1. The number of benzene rings is 1. The van der Waals surface area contributed by atoms with Crippen molar-refractivity contribution in [3.63, 3.8) is 0 Å². The molecule has 1 aromatic carbocycles. The van der Waals surface area contributed by atoms with E-state index in [2.05, 4.69) is 22.6 Å². The molecule has 0 fully saturated rings. The summed E-state index contributed by atoms with van der Waals surface area (Å²) >= 11 is 2.27. The molecule has 0 radical (unpaired) electrons. The molecule has 0 atom stereocenters. The van der Waals surface area contributed by atoms with Gasteiger partial charge in [0.25, 0.3) is 0 Å². The summed E-state index contributed by atoms with van der Waals surface area (Å²) in [6, 6.07) is 5.92. The van der Waals surface area contributed by atoms with E-state index in [1.165, 1.54) is 3.57 Å². The van der Waals surface area contributed by atoms with Crippen molar-refractivity contribution in [2.75, 3.05) is 6.61 Å². The molecule has 0 spiro atoms. The van der Waals surface area contributed by atoms with Gasteiger partial charge in [-0.05, 0) is 55.5 Å². The Morgan fingerprint density at radius 3 is 2.64 bits per heavy atom. The number of aliphatic hydroxyl groups is 1. The summed E-state index contributed by atoms with van der Waals surface area (Å²) in [7, 11) is 0. The average molecular weight is 306 g/mol. The van der Waals surface area contributed by atoms with Crippen molar-refractivity contribution in [1.82, 2.24) is 0 Å². The summed E-state index contributed by atoms with van der Waals surface area (Å²) in [6.45, 7) is 5.76. The highest BCUT2D eigenvalue weighted by Crippen LogP contribution is 2.25. The molecule has 0 unspecified atom stereocenters. The molecule has 0 amide bonds. The van der Waals surface area contributed by atoms with Crippen LogP contribution in [0.5, 0.6) is 5.75 Å². The molecule has 0 aliphatic rings. The second-order valence-corrected chi connectivity index (χ2v) is 5.05. The fraction of sp³-hybridized carbons (Fsp3) is 0.455. The van der Waals surface area contributed by atoms with Gasteiger partial charge in [-0.2, -0.15) is 0 Å². The van der Waals surface area contributed by atoms with E-state index in [9.17, 15) is 0 Å². The minimum absolute atomic E-state index is 0.0118. The molecule has 1 N–H and O–H groups in total. The second kappa shape index (κ2) is 4.49. The largest absolute Gasteiger partial charge is 0.485 e. The molecule has 78 valence electrons. The van der Waals surface area contributed by atoms with E-state index in [-0.39, 0.29) is 6.61 Å². The molecule has 0 saturated heterocycles. The van der Waals surface area contributed by atoms with Crippen LogP contribution in [0.15, 0.2) is 18.2 Å². The van der Waals surface area contributed by atoms with Crippen LogP contribution in [-0.2, 0) is 0 Å². The number of aliphatic hydroxyl groups excluding tert-OH is 1.